The number of nitrogens with one attached hydrogen (secondary N) is 1. The van der Waals surface area contributed by atoms with E-state index in [1.54, 1.807) is 12.1 Å². The molecule has 0 spiro atoms. The molecule has 25 heavy (non-hydrogen) atoms. The van der Waals surface area contributed by atoms with Crippen LogP contribution in [0.5, 0.6) is 5.75 Å². The van der Waals surface area contributed by atoms with Gasteiger partial charge in [0, 0.05) is 24.7 Å². The molecule has 1 N–H and O–H groups in total. The van der Waals surface area contributed by atoms with E-state index in [0.717, 1.165) is 42.9 Å². The monoisotopic (exact) mass is 338 g/mol. The third-order valence-corrected chi connectivity index (χ3v) is 4.50. The maximum atomic E-state index is 12.6. The van der Waals surface area contributed by atoms with Crippen molar-refractivity contribution in [3.8, 4) is 11.8 Å². The van der Waals surface area contributed by atoms with Gasteiger partial charge in [-0.15, -0.1) is 0 Å². The van der Waals surface area contributed by atoms with Gasteiger partial charge in [0.05, 0.1) is 12.1 Å². The Labute approximate surface area is 147 Å². The highest BCUT2D eigenvalue weighted by Gasteiger charge is 2.26. The van der Waals surface area contributed by atoms with Gasteiger partial charge in [-0.1, -0.05) is 12.1 Å². The number of aryl methyl sites for hydroxylation is 1. The van der Waals surface area contributed by atoms with Crippen LogP contribution in [-0.2, 0) is 11.2 Å². The number of hydrogen-bond acceptors (Lipinski definition) is 4. The minimum absolute atomic E-state index is 0.0279. The number of rotatable bonds is 5. The van der Waals surface area contributed by atoms with E-state index in [9.17, 15) is 4.79 Å². The second-order valence-electron chi connectivity index (χ2n) is 6.42. The van der Waals surface area contributed by atoms with Gasteiger partial charge in [0.15, 0.2) is 6.61 Å². The third-order valence-electron chi connectivity index (χ3n) is 4.50. The normalized spacial score (nSPS) is 17.1. The molecule has 0 unspecified atom stereocenters. The molecule has 1 saturated heterocycles. The van der Waals surface area contributed by atoms with Crippen molar-refractivity contribution in [1.29, 1.82) is 5.26 Å². The molecule has 2 aromatic rings. The summed E-state index contributed by atoms with van der Waals surface area (Å²) >= 11 is 0. The molecule has 6 heteroatoms. The second kappa shape index (κ2) is 7.84. The number of likely N-dealkylation sites (tertiary alicyclic amines) is 1. The van der Waals surface area contributed by atoms with Gasteiger partial charge in [0.25, 0.3) is 0 Å². The Morgan fingerprint density at radius 1 is 1.44 bits per heavy atom. The first kappa shape index (κ1) is 17.0. The van der Waals surface area contributed by atoms with Crippen LogP contribution in [0, 0.1) is 18.3 Å². The molecule has 0 saturated carbocycles. The van der Waals surface area contributed by atoms with Gasteiger partial charge >= 0.3 is 0 Å². The zero-order chi connectivity index (χ0) is 17.6. The van der Waals surface area contributed by atoms with Crippen molar-refractivity contribution in [2.24, 2.45) is 0 Å². The summed E-state index contributed by atoms with van der Waals surface area (Å²) in [6.07, 6.45) is 2.45. The number of ether oxygens (including phenoxy) is 1. The van der Waals surface area contributed by atoms with E-state index in [2.05, 4.69) is 16.3 Å². The first-order valence-corrected chi connectivity index (χ1v) is 8.54. The van der Waals surface area contributed by atoms with Crippen LogP contribution in [0.2, 0.25) is 0 Å². The summed E-state index contributed by atoms with van der Waals surface area (Å²) in [5.41, 5.74) is 3.05. The lowest BCUT2D eigenvalue weighted by Gasteiger charge is -2.32. The zero-order valence-electron chi connectivity index (χ0n) is 14.4. The maximum absolute atomic E-state index is 12.6. The van der Waals surface area contributed by atoms with Crippen LogP contribution >= 0.6 is 0 Å². The molecule has 1 aliphatic heterocycles. The van der Waals surface area contributed by atoms with Crippen LogP contribution in [-0.4, -0.2) is 40.7 Å². The number of nitriles is 1. The van der Waals surface area contributed by atoms with Crippen LogP contribution in [0.15, 0.2) is 30.3 Å². The molecule has 6 nitrogen and oxygen atoms in total. The minimum Gasteiger partial charge on any atom is -0.479 e. The number of hydrogen-bond donors (Lipinski definition) is 1. The van der Waals surface area contributed by atoms with Crippen molar-refractivity contribution in [2.75, 3.05) is 19.7 Å². The molecule has 0 bridgehead atoms. The Hall–Kier alpha value is -2.81. The number of carbonyl (C=O) groups excluding carboxylic acids is 1. The number of H-pyrrole nitrogens is 1. The van der Waals surface area contributed by atoms with Crippen LogP contribution in [0.25, 0.3) is 0 Å². The standard InChI is InChI=1S/C19H22N4O2/c1-14-11-18(22-21-14)16-3-2-9-23(13-16)19(24)12-15-4-6-17(7-5-15)25-10-8-20/h4-7,11,16H,2-3,9-10,12-13H2,1H3,(H,21,22)/t16-/m0/s1. The number of amides is 1. The molecule has 1 atom stereocenters. The fourth-order valence-electron chi connectivity index (χ4n) is 3.20. The molecular weight excluding hydrogens is 316 g/mol. The minimum atomic E-state index is 0.0279. The van der Waals surface area contributed by atoms with Crippen molar-refractivity contribution in [2.45, 2.75) is 32.1 Å². The molecular formula is C19H22N4O2. The highest BCUT2D eigenvalue weighted by atomic mass is 16.5. The molecule has 1 aliphatic rings. The number of carbonyl (C=O) groups is 1. The van der Waals surface area contributed by atoms with Crippen molar-refractivity contribution in [1.82, 2.24) is 15.1 Å². The lowest BCUT2D eigenvalue weighted by molar-refractivity contribution is -0.131. The van der Waals surface area contributed by atoms with Crippen molar-refractivity contribution >= 4 is 5.91 Å². The molecule has 2 heterocycles. The Morgan fingerprint density at radius 3 is 2.92 bits per heavy atom. The van der Waals surface area contributed by atoms with Gasteiger partial charge < -0.3 is 9.64 Å². The first-order valence-electron chi connectivity index (χ1n) is 8.54. The average molecular weight is 338 g/mol. The van der Waals surface area contributed by atoms with Crippen LogP contribution in [0.3, 0.4) is 0 Å². The molecule has 0 aliphatic carbocycles. The van der Waals surface area contributed by atoms with E-state index in [1.807, 2.05) is 30.0 Å². The quantitative estimate of drug-likeness (QED) is 0.908. The van der Waals surface area contributed by atoms with E-state index in [1.165, 1.54) is 0 Å². The molecule has 3 rings (SSSR count). The number of nitrogens with zero attached hydrogens (tertiary/aromatic N) is 3. The number of aromatic nitrogens is 2. The number of aromatic amines is 1. The van der Waals surface area contributed by atoms with E-state index < -0.39 is 0 Å². The van der Waals surface area contributed by atoms with E-state index in [-0.39, 0.29) is 12.5 Å². The number of piperidine rings is 1. The van der Waals surface area contributed by atoms with Crippen LogP contribution < -0.4 is 4.74 Å². The summed E-state index contributed by atoms with van der Waals surface area (Å²) in [5, 5.41) is 15.9. The third kappa shape index (κ3) is 4.38. The van der Waals surface area contributed by atoms with Crippen LogP contribution in [0.4, 0.5) is 0 Å². The summed E-state index contributed by atoms with van der Waals surface area (Å²) in [6, 6.07) is 11.4. The topological polar surface area (TPSA) is 82.0 Å². The Balaban J connectivity index is 1.58. The zero-order valence-corrected chi connectivity index (χ0v) is 14.4. The van der Waals surface area contributed by atoms with E-state index in [4.69, 9.17) is 10.00 Å². The van der Waals surface area contributed by atoms with Gasteiger partial charge in [-0.2, -0.15) is 10.4 Å². The summed E-state index contributed by atoms with van der Waals surface area (Å²) in [7, 11) is 0. The first-order chi connectivity index (χ1) is 12.2. The summed E-state index contributed by atoms with van der Waals surface area (Å²) in [5.74, 6) is 1.09. The summed E-state index contributed by atoms with van der Waals surface area (Å²) < 4.78 is 5.23. The van der Waals surface area contributed by atoms with E-state index >= 15 is 0 Å². The van der Waals surface area contributed by atoms with Gasteiger partial charge in [-0.05, 0) is 43.5 Å². The average Bonchev–Trinajstić information content (AvgIpc) is 3.08. The molecule has 1 aromatic heterocycles. The maximum Gasteiger partial charge on any atom is 0.227 e. The molecule has 0 radical (unpaired) electrons. The van der Waals surface area contributed by atoms with Gasteiger partial charge in [0.1, 0.15) is 11.8 Å². The fourth-order valence-corrected chi connectivity index (χ4v) is 3.20. The SMILES string of the molecule is Cc1cc([C@H]2CCCN(C(=O)Cc3ccc(OCC#N)cc3)C2)n[nH]1. The second-order valence-corrected chi connectivity index (χ2v) is 6.42. The Morgan fingerprint density at radius 2 is 2.24 bits per heavy atom. The van der Waals surface area contributed by atoms with Crippen molar-refractivity contribution in [3.05, 3.63) is 47.3 Å². The molecule has 1 amide bonds. The van der Waals surface area contributed by atoms with Gasteiger partial charge in [-0.25, -0.2) is 0 Å². The smallest absolute Gasteiger partial charge is 0.227 e. The molecule has 1 aromatic carbocycles. The van der Waals surface area contributed by atoms with Crippen LogP contribution in [0.1, 0.15) is 35.7 Å². The Kier molecular flexibility index (Phi) is 5.34. The number of benzene rings is 1. The van der Waals surface area contributed by atoms with Gasteiger partial charge in [0.2, 0.25) is 5.91 Å². The summed E-state index contributed by atoms with van der Waals surface area (Å²) in [4.78, 5) is 14.6. The highest BCUT2D eigenvalue weighted by Crippen LogP contribution is 2.26. The largest absolute Gasteiger partial charge is 0.479 e. The molecule has 1 fully saturated rings. The van der Waals surface area contributed by atoms with Crippen molar-refractivity contribution in [3.63, 3.8) is 0 Å². The van der Waals surface area contributed by atoms with Gasteiger partial charge in [-0.3, -0.25) is 9.89 Å². The Bertz CT molecular complexity index is 760. The lowest BCUT2D eigenvalue weighted by atomic mass is 9.94. The fraction of sp³-hybridized carbons (Fsp3) is 0.421. The summed E-state index contributed by atoms with van der Waals surface area (Å²) in [6.45, 7) is 3.56. The molecule has 130 valence electrons. The van der Waals surface area contributed by atoms with E-state index in [0.29, 0.717) is 18.1 Å². The highest BCUT2D eigenvalue weighted by molar-refractivity contribution is 5.79. The predicted octanol–water partition coefficient (Wildman–Crippen LogP) is 2.57. The van der Waals surface area contributed by atoms with Crippen molar-refractivity contribution < 1.29 is 9.53 Å². The predicted molar refractivity (Wildman–Crippen MR) is 93.1 cm³/mol. The lowest BCUT2D eigenvalue weighted by Crippen LogP contribution is -2.40.